The van der Waals surface area contributed by atoms with Gasteiger partial charge in [-0.15, -0.1) is 0 Å². The number of rotatable bonds is 9. The van der Waals surface area contributed by atoms with Gasteiger partial charge in [-0.05, 0) is 43.5 Å². The summed E-state index contributed by atoms with van der Waals surface area (Å²) in [6, 6.07) is 7.81. The summed E-state index contributed by atoms with van der Waals surface area (Å²) >= 11 is 6.17. The molecule has 1 unspecified atom stereocenters. The van der Waals surface area contributed by atoms with Crippen LogP contribution in [0.5, 0.6) is 0 Å². The quantitative estimate of drug-likeness (QED) is 0.403. The van der Waals surface area contributed by atoms with Crippen molar-refractivity contribution >= 4 is 20.6 Å². The Hall–Kier alpha value is -1.14. The Morgan fingerprint density at radius 3 is 2.56 bits per heavy atom. The molecule has 1 heterocycles. The van der Waals surface area contributed by atoms with E-state index in [4.69, 9.17) is 20.8 Å². The van der Waals surface area contributed by atoms with Crippen LogP contribution in [0.3, 0.4) is 0 Å². The molecule has 0 fully saturated rings. The lowest BCUT2D eigenvalue weighted by Gasteiger charge is -2.33. The molecular formula is C21H33ClN2O2Si. The van der Waals surface area contributed by atoms with Gasteiger partial charge in [0, 0.05) is 18.2 Å². The Morgan fingerprint density at radius 2 is 1.93 bits per heavy atom. The Bertz CT molecular complexity index is 725. The molecule has 0 bridgehead atoms. The van der Waals surface area contributed by atoms with Gasteiger partial charge in [-0.2, -0.15) is 0 Å². The van der Waals surface area contributed by atoms with Gasteiger partial charge in [0.05, 0.1) is 30.4 Å². The minimum absolute atomic E-state index is 0.0281. The van der Waals surface area contributed by atoms with Gasteiger partial charge in [-0.1, -0.05) is 50.6 Å². The zero-order valence-electron chi connectivity index (χ0n) is 17.5. The molecule has 1 atom stereocenters. The van der Waals surface area contributed by atoms with E-state index in [1.165, 1.54) is 5.69 Å². The Morgan fingerprint density at radius 1 is 1.22 bits per heavy atom. The second-order valence-electron chi connectivity index (χ2n) is 8.34. The number of ether oxygens (including phenoxy) is 1. The molecule has 0 N–H and O–H groups in total. The number of halogens is 1. The summed E-state index contributed by atoms with van der Waals surface area (Å²) in [4.78, 5) is 4.56. The fourth-order valence-corrected chi connectivity index (χ4v) is 4.37. The summed E-state index contributed by atoms with van der Waals surface area (Å²) in [5, 5.41) is 0.757. The molecule has 0 amide bonds. The van der Waals surface area contributed by atoms with Crippen LogP contribution in [0.4, 0.5) is 0 Å². The lowest BCUT2D eigenvalue weighted by molar-refractivity contribution is 0.0769. The third kappa shape index (κ3) is 6.45. The smallest absolute Gasteiger partial charge is 0.171 e. The first-order chi connectivity index (χ1) is 12.7. The highest BCUT2D eigenvalue weighted by atomic mass is 35.5. The van der Waals surface area contributed by atoms with Crippen LogP contribution in [0.25, 0.3) is 0 Å². The number of nitrogens with zero attached hydrogens (tertiary/aromatic N) is 2. The number of aryl methyl sites for hydroxylation is 2. The predicted molar refractivity (Wildman–Crippen MR) is 115 cm³/mol. The summed E-state index contributed by atoms with van der Waals surface area (Å²) in [5.41, 5.74) is 3.32. The highest BCUT2D eigenvalue weighted by Crippen LogP contribution is 2.38. The van der Waals surface area contributed by atoms with Crippen LogP contribution < -0.4 is 0 Å². The molecule has 0 aliphatic rings. The number of aromatic nitrogens is 2. The molecule has 0 aliphatic carbocycles. The van der Waals surface area contributed by atoms with E-state index in [9.17, 15) is 0 Å². The first-order valence-corrected chi connectivity index (χ1v) is 12.8. The van der Waals surface area contributed by atoms with Crippen LogP contribution in [0.2, 0.25) is 18.1 Å². The van der Waals surface area contributed by atoms with Gasteiger partial charge in [-0.25, -0.2) is 4.98 Å². The normalized spacial score (nSPS) is 13.3. The third-order valence-electron chi connectivity index (χ3n) is 4.42. The minimum atomic E-state index is -1.17. The molecular weight excluding hydrogens is 376 g/mol. The maximum Gasteiger partial charge on any atom is 0.171 e. The largest absolute Gasteiger partial charge is 0.412 e. The van der Waals surface area contributed by atoms with Crippen LogP contribution in [0, 0.1) is 12.3 Å². The van der Waals surface area contributed by atoms with Crippen molar-refractivity contribution in [2.24, 2.45) is 5.41 Å². The molecule has 150 valence electrons. The number of imidazole rings is 1. The van der Waals surface area contributed by atoms with Crippen molar-refractivity contribution in [3.05, 3.63) is 52.6 Å². The van der Waals surface area contributed by atoms with Crippen molar-refractivity contribution in [1.82, 2.24) is 9.55 Å². The zero-order valence-corrected chi connectivity index (χ0v) is 19.4. The van der Waals surface area contributed by atoms with E-state index < -0.39 is 9.04 Å². The first kappa shape index (κ1) is 22.1. The molecule has 0 saturated heterocycles. The molecule has 27 heavy (non-hydrogen) atoms. The fourth-order valence-electron chi connectivity index (χ4n) is 3.10. The second kappa shape index (κ2) is 9.87. The molecule has 1 aromatic carbocycles. The first-order valence-electron chi connectivity index (χ1n) is 9.68. The molecule has 0 radical (unpaired) electrons. The summed E-state index contributed by atoms with van der Waals surface area (Å²) in [5.74, 6) is 0. The van der Waals surface area contributed by atoms with Crippen LogP contribution in [-0.4, -0.2) is 25.2 Å². The predicted octanol–water partition coefficient (Wildman–Crippen LogP) is 5.54. The van der Waals surface area contributed by atoms with Crippen molar-refractivity contribution in [2.45, 2.75) is 66.5 Å². The van der Waals surface area contributed by atoms with Gasteiger partial charge in [0.15, 0.2) is 9.04 Å². The number of benzene rings is 1. The van der Waals surface area contributed by atoms with Crippen molar-refractivity contribution in [1.29, 1.82) is 0 Å². The maximum atomic E-state index is 6.41. The molecule has 0 saturated carbocycles. The van der Waals surface area contributed by atoms with E-state index in [1.54, 1.807) is 0 Å². The van der Waals surface area contributed by atoms with Crippen LogP contribution in [-0.2, 0) is 22.3 Å². The minimum Gasteiger partial charge on any atom is -0.412 e. The summed E-state index contributed by atoms with van der Waals surface area (Å²) in [7, 11) is -1.17. The Balaban J connectivity index is 1.96. The van der Waals surface area contributed by atoms with Gasteiger partial charge in [-0.3, -0.25) is 0 Å². The lowest BCUT2D eigenvalue weighted by Crippen LogP contribution is -2.28. The molecule has 4 nitrogen and oxygen atoms in total. The maximum absolute atomic E-state index is 6.41. The second-order valence-corrected chi connectivity index (χ2v) is 11.1. The highest BCUT2D eigenvalue weighted by molar-refractivity contribution is 6.48. The summed E-state index contributed by atoms with van der Waals surface area (Å²) in [6.45, 7) is 15.3. The fraction of sp³-hybridized carbons (Fsp3) is 0.571. The third-order valence-corrected chi connectivity index (χ3v) is 5.60. The molecule has 6 heteroatoms. The Kier molecular flexibility index (Phi) is 8.10. The topological polar surface area (TPSA) is 36.3 Å². The van der Waals surface area contributed by atoms with Crippen LogP contribution >= 0.6 is 11.6 Å². The standard InChI is InChI=1S/C21H33ClN2O2Si/c1-16-19(20(21(2,3)4)26-27(5)6)24(15-23-16)12-9-13-25-14-17-10-7-8-11-18(17)22/h7-8,10-11,15,20,27H,9,12-14H2,1-6H3. The van der Waals surface area contributed by atoms with E-state index in [0.29, 0.717) is 13.2 Å². The number of hydrogen-bond donors (Lipinski definition) is 0. The van der Waals surface area contributed by atoms with E-state index in [1.807, 2.05) is 30.6 Å². The SMILES string of the molecule is Cc1ncn(CCCOCc2ccccc2Cl)c1C(O[SiH](C)C)C(C)(C)C. The average molecular weight is 409 g/mol. The summed E-state index contributed by atoms with van der Waals surface area (Å²) in [6.07, 6.45) is 2.92. The van der Waals surface area contributed by atoms with Gasteiger partial charge >= 0.3 is 0 Å². The van der Waals surface area contributed by atoms with Crippen molar-refractivity contribution < 1.29 is 9.16 Å². The lowest BCUT2D eigenvalue weighted by atomic mass is 9.86. The van der Waals surface area contributed by atoms with E-state index >= 15 is 0 Å². The van der Waals surface area contributed by atoms with Crippen LogP contribution in [0.15, 0.2) is 30.6 Å². The van der Waals surface area contributed by atoms with Gasteiger partial charge in [0.2, 0.25) is 0 Å². The highest BCUT2D eigenvalue weighted by Gasteiger charge is 2.32. The van der Waals surface area contributed by atoms with Crippen LogP contribution in [0.1, 0.15) is 50.2 Å². The van der Waals surface area contributed by atoms with Crippen molar-refractivity contribution in [3.8, 4) is 0 Å². The zero-order chi connectivity index (χ0) is 20.0. The monoisotopic (exact) mass is 408 g/mol. The van der Waals surface area contributed by atoms with Gasteiger partial charge < -0.3 is 13.7 Å². The van der Waals surface area contributed by atoms with Crippen molar-refractivity contribution in [2.75, 3.05) is 6.61 Å². The number of hydrogen-bond acceptors (Lipinski definition) is 3. The molecule has 1 aromatic heterocycles. The Labute approximate surface area is 170 Å². The molecule has 0 spiro atoms. The molecule has 2 aromatic rings. The van der Waals surface area contributed by atoms with E-state index in [0.717, 1.165) is 29.2 Å². The average Bonchev–Trinajstić information content (AvgIpc) is 2.93. The van der Waals surface area contributed by atoms with Gasteiger partial charge in [0.25, 0.3) is 0 Å². The van der Waals surface area contributed by atoms with E-state index in [2.05, 4.69) is 50.3 Å². The molecule has 2 rings (SSSR count). The summed E-state index contributed by atoms with van der Waals surface area (Å²) < 4.78 is 14.5. The van der Waals surface area contributed by atoms with E-state index in [-0.39, 0.29) is 11.5 Å². The molecule has 0 aliphatic heterocycles. The van der Waals surface area contributed by atoms with Gasteiger partial charge in [0.1, 0.15) is 0 Å². The van der Waals surface area contributed by atoms with Crippen molar-refractivity contribution in [3.63, 3.8) is 0 Å².